The molecule has 0 spiro atoms. The molecular weight excluding hydrogens is 168 g/mol. The molecule has 0 heterocycles. The van der Waals surface area contributed by atoms with Crippen LogP contribution in [0, 0.1) is 0 Å². The highest BCUT2D eigenvalue weighted by Gasteiger charge is 1.99. The van der Waals surface area contributed by atoms with Gasteiger partial charge < -0.3 is 9.47 Å². The largest absolute Gasteiger partial charge is 0.464 e. The average Bonchev–Trinajstić information content (AvgIpc) is 1.99. The fourth-order valence-electron chi connectivity index (χ4n) is 0.515. The number of carbonyl (C=O) groups is 1. The number of hydrogen-bond donors (Lipinski definition) is 0. The molecule has 0 aromatic rings. The van der Waals surface area contributed by atoms with Gasteiger partial charge in [0.05, 0.1) is 6.61 Å². The second kappa shape index (κ2) is 7.82. The van der Waals surface area contributed by atoms with E-state index in [0.29, 0.717) is 19.1 Å². The van der Waals surface area contributed by atoms with Crippen molar-refractivity contribution in [3.63, 3.8) is 0 Å². The normalized spacial score (nSPS) is 9.64. The Morgan fingerprint density at radius 3 is 2.82 bits per heavy atom. The second-order valence-corrected chi connectivity index (χ2v) is 2.28. The zero-order chi connectivity index (χ0) is 8.53. The average molecular weight is 181 g/mol. The summed E-state index contributed by atoms with van der Waals surface area (Å²) in [7, 11) is 0. The van der Waals surface area contributed by atoms with Gasteiger partial charge in [-0.3, -0.25) is 0 Å². The first-order valence-corrected chi connectivity index (χ1v) is 4.14. The summed E-state index contributed by atoms with van der Waals surface area (Å²) < 4.78 is 9.55. The van der Waals surface area contributed by atoms with E-state index in [1.54, 1.807) is 6.92 Å². The Balaban J connectivity index is 3.04. The maximum absolute atomic E-state index is 10.6. The molecule has 0 saturated heterocycles. The van der Waals surface area contributed by atoms with Crippen molar-refractivity contribution in [3.05, 3.63) is 0 Å². The Labute approximate surface area is 71.6 Å². The number of rotatable bonds is 6. The van der Waals surface area contributed by atoms with Gasteiger partial charge in [-0.25, -0.2) is 4.79 Å². The molecule has 0 fully saturated rings. The molecule has 0 aromatic carbocycles. The molecule has 0 aromatic heterocycles. The van der Waals surface area contributed by atoms with Crippen LogP contribution in [0.2, 0.25) is 0 Å². The summed E-state index contributed by atoms with van der Waals surface area (Å²) in [6.07, 6.45) is 0.765. The topological polar surface area (TPSA) is 35.5 Å². The molecule has 0 aliphatic rings. The van der Waals surface area contributed by atoms with Crippen molar-refractivity contribution >= 4 is 17.6 Å². The molecule has 0 amide bonds. The highest BCUT2D eigenvalue weighted by molar-refractivity contribution is 6.17. The Bertz CT molecular complexity index is 106. The zero-order valence-corrected chi connectivity index (χ0v) is 7.39. The van der Waals surface area contributed by atoms with Gasteiger partial charge in [-0.15, -0.1) is 11.6 Å². The van der Waals surface area contributed by atoms with Gasteiger partial charge in [0.15, 0.2) is 0 Å². The summed E-state index contributed by atoms with van der Waals surface area (Å²) in [5.41, 5.74) is 0. The lowest BCUT2D eigenvalue weighted by atomic mass is 10.5. The van der Waals surface area contributed by atoms with E-state index in [9.17, 15) is 4.79 Å². The Kier molecular flexibility index (Phi) is 7.62. The molecule has 0 aliphatic heterocycles. The molecule has 0 saturated carbocycles. The minimum absolute atomic E-state index is 0.0325. The smallest absolute Gasteiger partial charge is 0.332 e. The molecule has 3 nitrogen and oxygen atoms in total. The predicted octanol–water partition coefficient (Wildman–Crippen LogP) is 1.20. The van der Waals surface area contributed by atoms with Crippen LogP contribution >= 0.6 is 11.6 Å². The first-order chi connectivity index (χ1) is 5.31. The summed E-state index contributed by atoms with van der Waals surface area (Å²) in [6, 6.07) is 0. The van der Waals surface area contributed by atoms with E-state index in [-0.39, 0.29) is 12.6 Å². The Morgan fingerprint density at radius 1 is 1.55 bits per heavy atom. The van der Waals surface area contributed by atoms with Gasteiger partial charge in [-0.1, -0.05) is 0 Å². The lowest BCUT2D eigenvalue weighted by molar-refractivity contribution is -0.148. The van der Waals surface area contributed by atoms with Gasteiger partial charge in [0.25, 0.3) is 0 Å². The third-order valence-electron chi connectivity index (χ3n) is 0.948. The van der Waals surface area contributed by atoms with Crippen molar-refractivity contribution in [3.8, 4) is 0 Å². The molecule has 0 aliphatic carbocycles. The Morgan fingerprint density at radius 2 is 2.27 bits per heavy atom. The van der Waals surface area contributed by atoms with Gasteiger partial charge in [0.2, 0.25) is 0 Å². The zero-order valence-electron chi connectivity index (χ0n) is 6.64. The van der Waals surface area contributed by atoms with Gasteiger partial charge in [0.1, 0.15) is 6.61 Å². The highest BCUT2D eigenvalue weighted by atomic mass is 35.5. The molecular formula is C7H13ClO3. The molecule has 0 rings (SSSR count). The van der Waals surface area contributed by atoms with Crippen LogP contribution in [0.1, 0.15) is 13.3 Å². The summed E-state index contributed by atoms with van der Waals surface area (Å²) in [6.45, 7) is 2.71. The number of carbonyl (C=O) groups excluding carboxylic acids is 1. The van der Waals surface area contributed by atoms with Gasteiger partial charge in [0, 0.05) is 12.5 Å². The van der Waals surface area contributed by atoms with Crippen molar-refractivity contribution < 1.29 is 14.3 Å². The summed E-state index contributed by atoms with van der Waals surface area (Å²) in [5, 5.41) is 0. The van der Waals surface area contributed by atoms with E-state index in [0.717, 1.165) is 6.42 Å². The third-order valence-corrected chi connectivity index (χ3v) is 1.21. The third kappa shape index (κ3) is 7.62. The molecule has 0 bridgehead atoms. The lowest BCUT2D eigenvalue weighted by Crippen LogP contribution is -2.12. The van der Waals surface area contributed by atoms with Crippen LogP contribution in [0.4, 0.5) is 0 Å². The van der Waals surface area contributed by atoms with E-state index >= 15 is 0 Å². The SMILES string of the molecule is CCOC(=O)COCCCCl. The van der Waals surface area contributed by atoms with Crippen LogP contribution in [0.15, 0.2) is 0 Å². The number of ether oxygens (including phenoxy) is 2. The minimum Gasteiger partial charge on any atom is -0.464 e. The predicted molar refractivity (Wildman–Crippen MR) is 42.8 cm³/mol. The van der Waals surface area contributed by atoms with E-state index in [4.69, 9.17) is 16.3 Å². The molecule has 11 heavy (non-hydrogen) atoms. The quantitative estimate of drug-likeness (QED) is 0.350. The molecule has 0 atom stereocenters. The van der Waals surface area contributed by atoms with Crippen LogP contribution in [0.25, 0.3) is 0 Å². The number of alkyl halides is 1. The first-order valence-electron chi connectivity index (χ1n) is 3.60. The van der Waals surface area contributed by atoms with Crippen molar-refractivity contribution in [2.24, 2.45) is 0 Å². The number of halogens is 1. The van der Waals surface area contributed by atoms with Crippen LogP contribution in [0.5, 0.6) is 0 Å². The van der Waals surface area contributed by atoms with Crippen LogP contribution < -0.4 is 0 Å². The Hall–Kier alpha value is -0.280. The van der Waals surface area contributed by atoms with Gasteiger partial charge in [-0.05, 0) is 13.3 Å². The fourth-order valence-corrected chi connectivity index (χ4v) is 0.624. The van der Waals surface area contributed by atoms with E-state index in [1.807, 2.05) is 0 Å². The first kappa shape index (κ1) is 10.7. The lowest BCUT2D eigenvalue weighted by Gasteiger charge is -2.01. The molecule has 66 valence electrons. The summed E-state index contributed by atoms with van der Waals surface area (Å²) in [5.74, 6) is 0.241. The van der Waals surface area contributed by atoms with Crippen molar-refractivity contribution in [1.29, 1.82) is 0 Å². The molecule has 4 heteroatoms. The van der Waals surface area contributed by atoms with Crippen LogP contribution in [-0.4, -0.2) is 31.7 Å². The number of hydrogen-bond acceptors (Lipinski definition) is 3. The van der Waals surface area contributed by atoms with E-state index in [1.165, 1.54) is 0 Å². The molecule has 0 N–H and O–H groups in total. The molecule has 0 radical (unpaired) electrons. The highest BCUT2D eigenvalue weighted by Crippen LogP contribution is 1.87. The van der Waals surface area contributed by atoms with E-state index < -0.39 is 0 Å². The summed E-state index contributed by atoms with van der Waals surface area (Å²) >= 11 is 5.38. The summed E-state index contributed by atoms with van der Waals surface area (Å²) in [4.78, 5) is 10.6. The number of esters is 1. The molecule has 0 unspecified atom stereocenters. The van der Waals surface area contributed by atoms with Crippen molar-refractivity contribution in [2.75, 3.05) is 25.7 Å². The fraction of sp³-hybridized carbons (Fsp3) is 0.857. The van der Waals surface area contributed by atoms with Crippen molar-refractivity contribution in [1.82, 2.24) is 0 Å². The standard InChI is InChI=1S/C7H13ClO3/c1-2-11-7(9)6-10-5-3-4-8/h2-6H2,1H3. The minimum atomic E-state index is -0.318. The maximum atomic E-state index is 10.6. The van der Waals surface area contributed by atoms with Gasteiger partial charge in [-0.2, -0.15) is 0 Å². The van der Waals surface area contributed by atoms with E-state index in [2.05, 4.69) is 4.74 Å². The van der Waals surface area contributed by atoms with Crippen LogP contribution in [-0.2, 0) is 14.3 Å². The maximum Gasteiger partial charge on any atom is 0.332 e. The van der Waals surface area contributed by atoms with Gasteiger partial charge >= 0.3 is 5.97 Å². The monoisotopic (exact) mass is 180 g/mol. The van der Waals surface area contributed by atoms with Crippen LogP contribution in [0.3, 0.4) is 0 Å². The van der Waals surface area contributed by atoms with Crippen molar-refractivity contribution in [2.45, 2.75) is 13.3 Å². The second-order valence-electron chi connectivity index (χ2n) is 1.90.